The summed E-state index contributed by atoms with van der Waals surface area (Å²) in [6, 6.07) is 20.4. The van der Waals surface area contributed by atoms with Crippen LogP contribution in [-0.2, 0) is 0 Å². The molecule has 0 aliphatic carbocycles. The highest BCUT2D eigenvalue weighted by atomic mass is 16.4. The molecule has 0 unspecified atom stereocenters. The molecule has 0 radical (unpaired) electrons. The Kier molecular flexibility index (Phi) is 13.6. The number of carboxylic acid groups (broad SMARTS) is 1. The monoisotopic (exact) mass is 670 g/mol. The Morgan fingerprint density at radius 2 is 1.10 bits per heavy atom. The highest BCUT2D eigenvalue weighted by molar-refractivity contribution is 5.95. The van der Waals surface area contributed by atoms with Crippen LogP contribution in [0.5, 0.6) is 0 Å². The first-order valence-electron chi connectivity index (χ1n) is 16.5. The minimum atomic E-state index is -0.972. The summed E-state index contributed by atoms with van der Waals surface area (Å²) in [6.45, 7) is 11.2. The molecule has 1 amide bonds. The van der Waals surface area contributed by atoms with Crippen LogP contribution in [0.2, 0.25) is 0 Å². The number of nitrogens with one attached hydrogen (secondary N) is 1. The van der Waals surface area contributed by atoms with E-state index in [9.17, 15) is 19.2 Å². The van der Waals surface area contributed by atoms with Crippen molar-refractivity contribution in [3.63, 3.8) is 0 Å². The number of furan rings is 2. The van der Waals surface area contributed by atoms with Crippen LogP contribution in [0.15, 0.2) is 81.6 Å². The van der Waals surface area contributed by atoms with Crippen LogP contribution < -0.4 is 5.32 Å². The molecule has 11 heteroatoms. The highest BCUT2D eigenvalue weighted by Gasteiger charge is 2.19. The van der Waals surface area contributed by atoms with Crippen molar-refractivity contribution in [3.05, 3.63) is 95.4 Å². The van der Waals surface area contributed by atoms with E-state index >= 15 is 0 Å². The molecule has 260 valence electrons. The number of Topliss-reactive ketones (excluding diaryl/α,β-unsaturated/α-hetero) is 2. The SMILES string of the molecule is CC(=O)c1ccc(-c2ccc(C(=O)N3CCCN(C)CC3)cc2)o1.CC(=O)c1ccc(-c2ccc(C(=O)O)cc2)o1.CN1CCCNCC1. The fraction of sp³-hybridized carbons (Fsp3) is 0.368. The number of benzene rings is 2. The zero-order chi connectivity index (χ0) is 35.3. The number of ketones is 2. The van der Waals surface area contributed by atoms with Crippen LogP contribution in [-0.4, -0.2) is 110 Å². The molecule has 0 atom stereocenters. The predicted molar refractivity (Wildman–Crippen MR) is 188 cm³/mol. The predicted octanol–water partition coefficient (Wildman–Crippen LogP) is 5.69. The standard InChI is InChI=1S/C19H22N2O3.C13H10O4.C6H14N2/c1-14(22)17-8-9-18(24-17)15-4-6-16(7-5-15)19(23)21-11-3-10-20(2)12-13-21;1-8(14)11-6-7-12(17-11)9-2-4-10(5-3-9)13(15)16;1-8-5-2-3-7-4-6-8/h4-9H,3,10-13H2,1-2H3;2-7H,1H3,(H,15,16);7H,2-6H2,1H3. The third kappa shape index (κ3) is 11.1. The smallest absolute Gasteiger partial charge is 0.335 e. The summed E-state index contributed by atoms with van der Waals surface area (Å²) >= 11 is 0. The van der Waals surface area contributed by atoms with Gasteiger partial charge in [0.25, 0.3) is 5.91 Å². The van der Waals surface area contributed by atoms with Gasteiger partial charge in [-0.25, -0.2) is 4.79 Å². The van der Waals surface area contributed by atoms with Crippen molar-refractivity contribution in [1.82, 2.24) is 20.0 Å². The van der Waals surface area contributed by atoms with Gasteiger partial charge in [-0.15, -0.1) is 0 Å². The summed E-state index contributed by atoms with van der Waals surface area (Å²) in [5.41, 5.74) is 2.49. The van der Waals surface area contributed by atoms with E-state index in [-0.39, 0.29) is 23.0 Å². The molecule has 2 aromatic heterocycles. The molecule has 2 saturated heterocycles. The Labute approximate surface area is 287 Å². The number of carbonyl (C=O) groups excluding carboxylic acids is 3. The second-order valence-electron chi connectivity index (χ2n) is 12.3. The summed E-state index contributed by atoms with van der Waals surface area (Å²) in [6.07, 6.45) is 2.30. The normalized spacial score (nSPS) is 15.5. The number of carboxylic acids is 1. The molecule has 2 aromatic carbocycles. The molecule has 0 saturated carbocycles. The molecule has 49 heavy (non-hydrogen) atoms. The number of hydrogen-bond acceptors (Lipinski definition) is 9. The van der Waals surface area contributed by atoms with Gasteiger partial charge in [-0.05, 0) is 95.1 Å². The first-order valence-corrected chi connectivity index (χ1v) is 16.5. The van der Waals surface area contributed by atoms with Crippen LogP contribution in [0.25, 0.3) is 22.6 Å². The molecule has 2 fully saturated rings. The van der Waals surface area contributed by atoms with Crippen molar-refractivity contribution in [2.45, 2.75) is 26.7 Å². The third-order valence-electron chi connectivity index (χ3n) is 8.31. The van der Waals surface area contributed by atoms with E-state index in [2.05, 4.69) is 29.2 Å². The molecule has 2 N–H and O–H groups in total. The van der Waals surface area contributed by atoms with E-state index < -0.39 is 5.97 Å². The quantitative estimate of drug-likeness (QED) is 0.247. The first kappa shape index (κ1) is 37.0. The summed E-state index contributed by atoms with van der Waals surface area (Å²) in [5.74, 6) is 0.683. The van der Waals surface area contributed by atoms with Gasteiger partial charge in [0, 0.05) is 63.3 Å². The zero-order valence-electron chi connectivity index (χ0n) is 28.7. The lowest BCUT2D eigenvalue weighted by Gasteiger charge is -2.20. The van der Waals surface area contributed by atoms with Crippen LogP contribution in [0.1, 0.15) is 68.5 Å². The summed E-state index contributed by atoms with van der Waals surface area (Å²) in [7, 11) is 4.26. The largest absolute Gasteiger partial charge is 0.478 e. The molecule has 6 rings (SSSR count). The Hall–Kier alpha value is -4.84. The van der Waals surface area contributed by atoms with Gasteiger partial charge in [0.15, 0.2) is 23.1 Å². The van der Waals surface area contributed by atoms with Crippen molar-refractivity contribution in [3.8, 4) is 22.6 Å². The van der Waals surface area contributed by atoms with Crippen molar-refractivity contribution in [1.29, 1.82) is 0 Å². The third-order valence-corrected chi connectivity index (χ3v) is 8.31. The van der Waals surface area contributed by atoms with Gasteiger partial charge in [-0.2, -0.15) is 0 Å². The number of nitrogens with zero attached hydrogens (tertiary/aromatic N) is 3. The van der Waals surface area contributed by atoms with Gasteiger partial charge in [0.1, 0.15) is 11.5 Å². The number of hydrogen-bond donors (Lipinski definition) is 2. The maximum absolute atomic E-state index is 12.6. The fourth-order valence-corrected chi connectivity index (χ4v) is 5.33. The maximum Gasteiger partial charge on any atom is 0.335 e. The zero-order valence-corrected chi connectivity index (χ0v) is 28.7. The van der Waals surface area contributed by atoms with Crippen LogP contribution in [0, 0.1) is 0 Å². The Balaban J connectivity index is 0.000000187. The van der Waals surface area contributed by atoms with Crippen LogP contribution >= 0.6 is 0 Å². The molecular formula is C38H46N4O7. The van der Waals surface area contributed by atoms with Gasteiger partial charge < -0.3 is 34.0 Å². The molecule has 4 aromatic rings. The van der Waals surface area contributed by atoms with E-state index in [1.54, 1.807) is 36.4 Å². The van der Waals surface area contributed by atoms with E-state index in [0.29, 0.717) is 28.6 Å². The summed E-state index contributed by atoms with van der Waals surface area (Å²) in [4.78, 5) is 52.2. The minimum absolute atomic E-state index is 0.0701. The Morgan fingerprint density at radius 1 is 0.592 bits per heavy atom. The minimum Gasteiger partial charge on any atom is -0.478 e. The lowest BCUT2D eigenvalue weighted by Crippen LogP contribution is -2.34. The topological polar surface area (TPSA) is 137 Å². The van der Waals surface area contributed by atoms with Gasteiger partial charge in [-0.3, -0.25) is 14.4 Å². The number of aromatic carboxylic acids is 1. The van der Waals surface area contributed by atoms with Crippen molar-refractivity contribution in [2.75, 3.05) is 66.5 Å². The second kappa shape index (κ2) is 18.1. The molecule has 4 heterocycles. The van der Waals surface area contributed by atoms with Crippen molar-refractivity contribution >= 4 is 23.4 Å². The highest BCUT2D eigenvalue weighted by Crippen LogP contribution is 2.24. The molecule has 0 spiro atoms. The fourth-order valence-electron chi connectivity index (χ4n) is 5.33. The lowest BCUT2D eigenvalue weighted by molar-refractivity contribution is 0.0695. The average Bonchev–Trinajstić information content (AvgIpc) is 3.68. The Morgan fingerprint density at radius 3 is 1.61 bits per heavy atom. The van der Waals surface area contributed by atoms with E-state index in [1.165, 1.54) is 52.0 Å². The van der Waals surface area contributed by atoms with E-state index in [4.69, 9.17) is 13.9 Å². The number of likely N-dealkylation sites (N-methyl/N-ethyl adjacent to an activating group) is 2. The van der Waals surface area contributed by atoms with Crippen LogP contribution in [0.3, 0.4) is 0 Å². The van der Waals surface area contributed by atoms with Crippen LogP contribution in [0.4, 0.5) is 0 Å². The molecular weight excluding hydrogens is 624 g/mol. The van der Waals surface area contributed by atoms with Gasteiger partial charge in [0.05, 0.1) is 5.56 Å². The number of amides is 1. The van der Waals surface area contributed by atoms with E-state index in [1.807, 2.05) is 29.2 Å². The van der Waals surface area contributed by atoms with Gasteiger partial charge >= 0.3 is 5.97 Å². The molecule has 2 aliphatic rings. The van der Waals surface area contributed by atoms with Crippen molar-refractivity contribution < 1.29 is 33.1 Å². The number of carbonyl (C=O) groups is 4. The van der Waals surface area contributed by atoms with Gasteiger partial charge in [0.2, 0.25) is 0 Å². The molecule has 11 nitrogen and oxygen atoms in total. The maximum atomic E-state index is 12.6. The molecule has 2 aliphatic heterocycles. The Bertz CT molecular complexity index is 1680. The summed E-state index contributed by atoms with van der Waals surface area (Å²) in [5, 5.41) is 12.1. The van der Waals surface area contributed by atoms with Gasteiger partial charge in [-0.1, -0.05) is 24.3 Å². The average molecular weight is 671 g/mol. The second-order valence-corrected chi connectivity index (χ2v) is 12.3. The lowest BCUT2D eigenvalue weighted by atomic mass is 10.1. The first-order chi connectivity index (χ1) is 23.5. The molecule has 0 bridgehead atoms. The number of rotatable bonds is 6. The van der Waals surface area contributed by atoms with Crippen molar-refractivity contribution in [2.24, 2.45) is 0 Å². The van der Waals surface area contributed by atoms with E-state index in [0.717, 1.165) is 50.3 Å². The summed E-state index contributed by atoms with van der Waals surface area (Å²) < 4.78 is 10.9.